The van der Waals surface area contributed by atoms with E-state index in [1.54, 1.807) is 23.7 Å². The van der Waals surface area contributed by atoms with Gasteiger partial charge in [-0.25, -0.2) is 13.1 Å². The van der Waals surface area contributed by atoms with E-state index in [0.29, 0.717) is 18.0 Å². The highest BCUT2D eigenvalue weighted by atomic mass is 32.2. The molecule has 132 valence electrons. The van der Waals surface area contributed by atoms with Crippen LogP contribution in [0.3, 0.4) is 0 Å². The zero-order chi connectivity index (χ0) is 17.7. The Kier molecular flexibility index (Phi) is 5.98. The first-order chi connectivity index (χ1) is 11.3. The highest BCUT2D eigenvalue weighted by Crippen LogP contribution is 2.14. The summed E-state index contributed by atoms with van der Waals surface area (Å²) in [5.41, 5.74) is 1.68. The molecule has 0 saturated carbocycles. The maximum absolute atomic E-state index is 12.3. The van der Waals surface area contributed by atoms with Crippen molar-refractivity contribution >= 4 is 10.0 Å². The van der Waals surface area contributed by atoms with Crippen LogP contribution in [0.15, 0.2) is 35.4 Å². The molecule has 0 bridgehead atoms. The first kappa shape index (κ1) is 18.4. The van der Waals surface area contributed by atoms with Crippen molar-refractivity contribution < 1.29 is 18.3 Å². The summed E-state index contributed by atoms with van der Waals surface area (Å²) in [6.07, 6.45) is 0.360. The largest absolute Gasteiger partial charge is 0.491 e. The first-order valence-corrected chi connectivity index (χ1v) is 9.21. The van der Waals surface area contributed by atoms with Gasteiger partial charge in [0.2, 0.25) is 10.0 Å². The van der Waals surface area contributed by atoms with Crippen LogP contribution in [0.2, 0.25) is 0 Å². The van der Waals surface area contributed by atoms with Crippen LogP contribution >= 0.6 is 0 Å². The lowest BCUT2D eigenvalue weighted by Gasteiger charge is -2.13. The summed E-state index contributed by atoms with van der Waals surface area (Å²) in [5.74, 6) is 0.627. The fourth-order valence-corrected chi connectivity index (χ4v) is 3.43. The molecule has 0 amide bonds. The molecule has 2 N–H and O–H groups in total. The number of sulfonamides is 1. The highest BCUT2D eigenvalue weighted by molar-refractivity contribution is 7.89. The number of aliphatic hydroxyl groups is 1. The average Bonchev–Trinajstić information content (AvgIpc) is 2.94. The van der Waals surface area contributed by atoms with Crippen molar-refractivity contribution in [3.63, 3.8) is 0 Å². The van der Waals surface area contributed by atoms with E-state index in [4.69, 9.17) is 4.74 Å². The van der Waals surface area contributed by atoms with Crippen molar-refractivity contribution in [3.8, 4) is 5.75 Å². The molecule has 0 aliphatic rings. The molecule has 0 saturated heterocycles. The minimum absolute atomic E-state index is 0.00121. The van der Waals surface area contributed by atoms with Gasteiger partial charge in [0, 0.05) is 13.1 Å². The number of aliphatic hydroxyl groups excluding tert-OH is 1. The van der Waals surface area contributed by atoms with Gasteiger partial charge in [0.05, 0.1) is 11.9 Å². The van der Waals surface area contributed by atoms with Gasteiger partial charge < -0.3 is 9.84 Å². The molecule has 1 atom stereocenters. The number of nitrogens with one attached hydrogen (secondary N) is 1. The summed E-state index contributed by atoms with van der Waals surface area (Å²) in [6.45, 7) is 6.01. The second-order valence-corrected chi connectivity index (χ2v) is 7.28. The molecule has 24 heavy (non-hydrogen) atoms. The summed E-state index contributed by atoms with van der Waals surface area (Å²) in [5, 5.41) is 13.9. The quantitative estimate of drug-likeness (QED) is 0.745. The normalized spacial score (nSPS) is 13.0. The van der Waals surface area contributed by atoms with E-state index in [9.17, 15) is 13.5 Å². The van der Waals surface area contributed by atoms with Crippen molar-refractivity contribution in [1.82, 2.24) is 14.5 Å². The van der Waals surface area contributed by atoms with Crippen LogP contribution in [0.5, 0.6) is 5.75 Å². The maximum atomic E-state index is 12.3. The summed E-state index contributed by atoms with van der Waals surface area (Å²) in [4.78, 5) is 0.121. The van der Waals surface area contributed by atoms with Crippen LogP contribution < -0.4 is 9.46 Å². The number of hydrogen-bond donors (Lipinski definition) is 2. The van der Waals surface area contributed by atoms with E-state index < -0.39 is 16.1 Å². The molecule has 2 rings (SSSR count). The zero-order valence-corrected chi connectivity index (χ0v) is 14.9. The Morgan fingerprint density at radius 2 is 1.96 bits per heavy atom. The number of aromatic nitrogens is 2. The molecule has 8 heteroatoms. The minimum Gasteiger partial charge on any atom is -0.491 e. The third-order valence-corrected chi connectivity index (χ3v) is 5.15. The Morgan fingerprint density at radius 3 is 2.54 bits per heavy atom. The van der Waals surface area contributed by atoms with E-state index in [0.717, 1.165) is 5.56 Å². The van der Waals surface area contributed by atoms with E-state index in [1.165, 1.54) is 6.20 Å². The molecule has 0 fully saturated rings. The molecule has 0 radical (unpaired) electrons. The van der Waals surface area contributed by atoms with Crippen molar-refractivity contribution in [3.05, 3.63) is 41.7 Å². The lowest BCUT2D eigenvalue weighted by Crippen LogP contribution is -2.35. The molecule has 0 aliphatic carbocycles. The topological polar surface area (TPSA) is 93.5 Å². The van der Waals surface area contributed by atoms with Crippen molar-refractivity contribution in [2.45, 2.75) is 38.3 Å². The molecule has 2 aromatic rings. The van der Waals surface area contributed by atoms with E-state index in [1.807, 2.05) is 26.0 Å². The third kappa shape index (κ3) is 4.56. The summed E-state index contributed by atoms with van der Waals surface area (Å²) < 4.78 is 34.0. The smallest absolute Gasteiger partial charge is 0.244 e. The lowest BCUT2D eigenvalue weighted by atomic mass is 10.2. The molecule has 0 aliphatic heterocycles. The fourth-order valence-electron chi connectivity index (χ4n) is 2.18. The van der Waals surface area contributed by atoms with Gasteiger partial charge in [-0.1, -0.05) is 17.7 Å². The van der Waals surface area contributed by atoms with Gasteiger partial charge in [-0.3, -0.25) is 4.68 Å². The number of nitrogens with zero attached hydrogens (tertiary/aromatic N) is 2. The number of aryl methyl sites for hydroxylation is 2. The van der Waals surface area contributed by atoms with Crippen LogP contribution in [0, 0.1) is 13.8 Å². The predicted molar refractivity (Wildman–Crippen MR) is 90.5 cm³/mol. The number of rotatable bonds is 8. The van der Waals surface area contributed by atoms with E-state index in [-0.39, 0.29) is 18.0 Å². The summed E-state index contributed by atoms with van der Waals surface area (Å²) in [7, 11) is -3.71. The molecule has 1 aromatic carbocycles. The molecule has 0 spiro atoms. The van der Waals surface area contributed by atoms with Crippen LogP contribution in [-0.2, 0) is 16.6 Å². The number of ether oxygens (including phenoxy) is 1. The highest BCUT2D eigenvalue weighted by Gasteiger charge is 2.21. The van der Waals surface area contributed by atoms with Gasteiger partial charge in [-0.2, -0.15) is 5.10 Å². The van der Waals surface area contributed by atoms with Gasteiger partial charge in [-0.05, 0) is 32.9 Å². The Bertz CT molecular complexity index is 769. The van der Waals surface area contributed by atoms with Crippen LogP contribution in [0.1, 0.15) is 18.2 Å². The van der Waals surface area contributed by atoms with E-state index in [2.05, 4.69) is 9.82 Å². The summed E-state index contributed by atoms with van der Waals surface area (Å²) >= 11 is 0. The molecule has 1 aromatic heterocycles. The average molecular weight is 353 g/mol. The lowest BCUT2D eigenvalue weighted by molar-refractivity contribution is 0.111. The van der Waals surface area contributed by atoms with Crippen LogP contribution in [0.4, 0.5) is 0 Å². The molecular weight excluding hydrogens is 330 g/mol. The fraction of sp³-hybridized carbons (Fsp3) is 0.438. The Balaban J connectivity index is 1.89. The minimum atomic E-state index is -3.71. The Labute approximate surface area is 142 Å². The zero-order valence-electron chi connectivity index (χ0n) is 14.1. The second-order valence-electron chi connectivity index (χ2n) is 5.54. The predicted octanol–water partition coefficient (Wildman–Crippen LogP) is 1.24. The number of hydrogen-bond acceptors (Lipinski definition) is 5. The van der Waals surface area contributed by atoms with Gasteiger partial charge in [0.15, 0.2) is 0 Å². The molecule has 1 heterocycles. The molecular formula is C16H23N3O4S. The van der Waals surface area contributed by atoms with Gasteiger partial charge in [-0.15, -0.1) is 0 Å². The van der Waals surface area contributed by atoms with Gasteiger partial charge >= 0.3 is 0 Å². The third-order valence-electron chi connectivity index (χ3n) is 3.62. The maximum Gasteiger partial charge on any atom is 0.244 e. The van der Waals surface area contributed by atoms with Crippen molar-refractivity contribution in [2.24, 2.45) is 0 Å². The first-order valence-electron chi connectivity index (χ1n) is 7.73. The van der Waals surface area contributed by atoms with Crippen molar-refractivity contribution in [1.29, 1.82) is 0 Å². The molecule has 7 nitrogen and oxygen atoms in total. The van der Waals surface area contributed by atoms with Gasteiger partial charge in [0.1, 0.15) is 23.4 Å². The SMILES string of the molecule is CCn1ncc(S(=O)(=O)NCC(O)COc2ccc(C)cc2)c1C. The standard InChI is InChI=1S/C16H23N3O4S/c1-4-19-13(3)16(10-17-19)24(21,22)18-9-14(20)11-23-15-7-5-12(2)6-8-15/h5-8,10,14,18,20H,4,9,11H2,1-3H3. The number of benzene rings is 1. The Morgan fingerprint density at radius 1 is 1.29 bits per heavy atom. The van der Waals surface area contributed by atoms with Gasteiger partial charge in [0.25, 0.3) is 0 Å². The second kappa shape index (κ2) is 7.78. The Hall–Kier alpha value is -1.90. The van der Waals surface area contributed by atoms with Crippen LogP contribution in [0.25, 0.3) is 0 Å². The monoisotopic (exact) mass is 353 g/mol. The van der Waals surface area contributed by atoms with E-state index >= 15 is 0 Å². The van der Waals surface area contributed by atoms with Crippen molar-refractivity contribution in [2.75, 3.05) is 13.2 Å². The van der Waals surface area contributed by atoms with Crippen LogP contribution in [-0.4, -0.2) is 42.6 Å². The summed E-state index contributed by atoms with van der Waals surface area (Å²) in [6, 6.07) is 7.40. The molecule has 1 unspecified atom stereocenters.